The van der Waals surface area contributed by atoms with Gasteiger partial charge < -0.3 is 4.74 Å². The molecular formula is C16H19N3O4S2. The van der Waals surface area contributed by atoms with E-state index in [1.165, 1.54) is 18.4 Å². The summed E-state index contributed by atoms with van der Waals surface area (Å²) in [5, 5.41) is 5.92. The molecule has 0 aliphatic carbocycles. The highest BCUT2D eigenvalue weighted by Crippen LogP contribution is 2.22. The summed E-state index contributed by atoms with van der Waals surface area (Å²) in [5.41, 5.74) is 3.38. The fourth-order valence-corrected chi connectivity index (χ4v) is 3.54. The Labute approximate surface area is 151 Å². The molecule has 0 atom stereocenters. The smallest absolute Gasteiger partial charge is 0.260 e. The summed E-state index contributed by atoms with van der Waals surface area (Å²) < 4.78 is 30.2. The van der Waals surface area contributed by atoms with Gasteiger partial charge in [0, 0.05) is 10.9 Å². The van der Waals surface area contributed by atoms with Crippen LogP contribution in [0.25, 0.3) is 0 Å². The van der Waals surface area contributed by atoms with Crippen LogP contribution in [0.2, 0.25) is 0 Å². The molecule has 1 N–H and O–H groups in total. The number of nitrogens with zero attached hydrogens (tertiary/aromatic N) is 2. The summed E-state index contributed by atoms with van der Waals surface area (Å²) >= 11 is 1.50. The van der Waals surface area contributed by atoms with Gasteiger partial charge in [0.25, 0.3) is 5.91 Å². The topological polar surface area (TPSA) is 88.1 Å². The third-order valence-electron chi connectivity index (χ3n) is 3.25. The summed E-state index contributed by atoms with van der Waals surface area (Å²) in [6, 6.07) is 10.3. The SMILES string of the molecule is COc1cccc(N(CC(=O)N/N=C(\C)c2cccs2)S(C)(=O)=O)c1. The molecule has 7 nitrogen and oxygen atoms in total. The summed E-state index contributed by atoms with van der Waals surface area (Å²) in [4.78, 5) is 13.1. The number of carbonyl (C=O) groups is 1. The van der Waals surface area contributed by atoms with Gasteiger partial charge in [0.15, 0.2) is 0 Å². The van der Waals surface area contributed by atoms with Gasteiger partial charge >= 0.3 is 0 Å². The third kappa shape index (κ3) is 5.30. The fraction of sp³-hybridized carbons (Fsp3) is 0.250. The normalized spacial score (nSPS) is 11.9. The van der Waals surface area contributed by atoms with E-state index >= 15 is 0 Å². The van der Waals surface area contributed by atoms with Crippen LogP contribution in [0.15, 0.2) is 46.9 Å². The fourth-order valence-electron chi connectivity index (χ4n) is 2.02. The van der Waals surface area contributed by atoms with Crippen LogP contribution in [0, 0.1) is 0 Å². The molecule has 25 heavy (non-hydrogen) atoms. The van der Waals surface area contributed by atoms with Gasteiger partial charge in [0.1, 0.15) is 12.3 Å². The van der Waals surface area contributed by atoms with Crippen molar-refractivity contribution in [1.29, 1.82) is 0 Å². The van der Waals surface area contributed by atoms with Gasteiger partial charge in [0.2, 0.25) is 10.0 Å². The second-order valence-electron chi connectivity index (χ2n) is 5.18. The molecule has 9 heteroatoms. The first kappa shape index (κ1) is 18.9. The third-order valence-corrected chi connectivity index (χ3v) is 5.37. The van der Waals surface area contributed by atoms with E-state index in [4.69, 9.17) is 4.74 Å². The lowest BCUT2D eigenvalue weighted by molar-refractivity contribution is -0.119. The minimum absolute atomic E-state index is 0.343. The van der Waals surface area contributed by atoms with Crippen molar-refractivity contribution in [2.45, 2.75) is 6.92 Å². The Bertz CT molecular complexity index is 861. The monoisotopic (exact) mass is 381 g/mol. The number of hydrogen-bond donors (Lipinski definition) is 1. The Morgan fingerprint density at radius 3 is 2.68 bits per heavy atom. The van der Waals surface area contributed by atoms with E-state index in [-0.39, 0.29) is 6.54 Å². The Balaban J connectivity index is 2.14. The first-order valence-electron chi connectivity index (χ1n) is 7.30. The average Bonchev–Trinajstić information content (AvgIpc) is 3.11. The lowest BCUT2D eigenvalue weighted by Gasteiger charge is -2.21. The van der Waals surface area contributed by atoms with E-state index in [2.05, 4.69) is 10.5 Å². The van der Waals surface area contributed by atoms with Crippen molar-refractivity contribution in [2.24, 2.45) is 5.10 Å². The van der Waals surface area contributed by atoms with Crippen LogP contribution in [0.1, 0.15) is 11.8 Å². The first-order valence-corrected chi connectivity index (χ1v) is 10.0. The molecular weight excluding hydrogens is 362 g/mol. The maximum absolute atomic E-state index is 12.1. The zero-order valence-corrected chi connectivity index (χ0v) is 15.7. The number of benzene rings is 1. The molecule has 0 aliphatic heterocycles. The molecule has 0 fully saturated rings. The standard InChI is InChI=1S/C16H19N3O4S2/c1-12(15-8-5-9-24-15)17-18-16(20)11-19(25(3,21)22)13-6-4-7-14(10-13)23-2/h4-10H,11H2,1-3H3,(H,18,20)/b17-12+. The number of ether oxygens (including phenoxy) is 1. The zero-order valence-electron chi connectivity index (χ0n) is 14.1. The molecule has 0 radical (unpaired) electrons. The van der Waals surface area contributed by atoms with Gasteiger partial charge in [-0.05, 0) is 30.5 Å². The van der Waals surface area contributed by atoms with Crippen molar-refractivity contribution in [3.8, 4) is 5.75 Å². The van der Waals surface area contributed by atoms with Crippen molar-refractivity contribution in [1.82, 2.24) is 5.43 Å². The van der Waals surface area contributed by atoms with Crippen molar-refractivity contribution < 1.29 is 17.9 Å². The van der Waals surface area contributed by atoms with Crippen LogP contribution < -0.4 is 14.5 Å². The predicted octanol–water partition coefficient (Wildman–Crippen LogP) is 2.06. The lowest BCUT2D eigenvalue weighted by Crippen LogP contribution is -2.39. The Hall–Kier alpha value is -2.39. The Morgan fingerprint density at radius 2 is 2.08 bits per heavy atom. The molecule has 1 aromatic heterocycles. The van der Waals surface area contributed by atoms with Gasteiger partial charge in [-0.25, -0.2) is 13.8 Å². The van der Waals surface area contributed by atoms with Crippen molar-refractivity contribution in [2.75, 3.05) is 24.2 Å². The van der Waals surface area contributed by atoms with Gasteiger partial charge in [-0.15, -0.1) is 11.3 Å². The second kappa shape index (κ2) is 8.13. The molecule has 1 heterocycles. The molecule has 0 saturated heterocycles. The number of amides is 1. The quantitative estimate of drug-likeness (QED) is 0.587. The largest absolute Gasteiger partial charge is 0.497 e. The molecule has 0 spiro atoms. The number of carbonyl (C=O) groups excluding carboxylic acids is 1. The summed E-state index contributed by atoms with van der Waals surface area (Å²) in [5.74, 6) is -0.0396. The minimum Gasteiger partial charge on any atom is -0.497 e. The van der Waals surface area contributed by atoms with Crippen LogP contribution >= 0.6 is 11.3 Å². The van der Waals surface area contributed by atoms with E-state index < -0.39 is 15.9 Å². The lowest BCUT2D eigenvalue weighted by atomic mass is 10.3. The van der Waals surface area contributed by atoms with Crippen LogP contribution in [0.4, 0.5) is 5.69 Å². The number of hydrogen-bond acceptors (Lipinski definition) is 6. The summed E-state index contributed by atoms with van der Waals surface area (Å²) in [7, 11) is -2.16. The Kier molecular flexibility index (Phi) is 6.16. The number of rotatable bonds is 7. The highest BCUT2D eigenvalue weighted by Gasteiger charge is 2.21. The number of anilines is 1. The van der Waals surface area contributed by atoms with E-state index in [9.17, 15) is 13.2 Å². The highest BCUT2D eigenvalue weighted by atomic mass is 32.2. The molecule has 0 aliphatic rings. The molecule has 1 aromatic carbocycles. The van der Waals surface area contributed by atoms with Gasteiger partial charge in [-0.2, -0.15) is 5.10 Å². The van der Waals surface area contributed by atoms with Crippen LogP contribution in [0.5, 0.6) is 5.75 Å². The molecule has 2 aromatic rings. The number of thiophene rings is 1. The number of sulfonamides is 1. The minimum atomic E-state index is -3.65. The van der Waals surface area contributed by atoms with Crippen LogP contribution in [-0.2, 0) is 14.8 Å². The number of nitrogens with one attached hydrogen (secondary N) is 1. The highest BCUT2D eigenvalue weighted by molar-refractivity contribution is 7.92. The van der Waals surface area contributed by atoms with Gasteiger partial charge in [-0.1, -0.05) is 12.1 Å². The predicted molar refractivity (Wildman–Crippen MR) is 99.9 cm³/mol. The van der Waals surface area contributed by atoms with Gasteiger partial charge in [-0.3, -0.25) is 9.10 Å². The van der Waals surface area contributed by atoms with E-state index in [0.717, 1.165) is 15.4 Å². The maximum atomic E-state index is 12.1. The summed E-state index contributed by atoms with van der Waals surface area (Å²) in [6.07, 6.45) is 1.04. The molecule has 2 rings (SSSR count). The number of methoxy groups -OCH3 is 1. The van der Waals surface area contributed by atoms with E-state index in [0.29, 0.717) is 17.1 Å². The first-order chi connectivity index (χ1) is 11.8. The van der Waals surface area contributed by atoms with Crippen molar-refractivity contribution >= 4 is 38.7 Å². The van der Waals surface area contributed by atoms with Crippen molar-refractivity contribution in [3.05, 3.63) is 46.7 Å². The molecule has 134 valence electrons. The molecule has 0 bridgehead atoms. The van der Waals surface area contributed by atoms with Crippen molar-refractivity contribution in [3.63, 3.8) is 0 Å². The Morgan fingerprint density at radius 1 is 1.32 bits per heavy atom. The average molecular weight is 381 g/mol. The van der Waals surface area contributed by atoms with E-state index in [1.807, 2.05) is 17.5 Å². The van der Waals surface area contributed by atoms with Crippen LogP contribution in [-0.4, -0.2) is 39.9 Å². The number of hydrazone groups is 1. The maximum Gasteiger partial charge on any atom is 0.260 e. The van der Waals surface area contributed by atoms with Crippen LogP contribution in [0.3, 0.4) is 0 Å². The van der Waals surface area contributed by atoms with Gasteiger partial charge in [0.05, 0.1) is 24.8 Å². The van der Waals surface area contributed by atoms with E-state index in [1.54, 1.807) is 31.2 Å². The molecule has 0 saturated carbocycles. The second-order valence-corrected chi connectivity index (χ2v) is 8.04. The molecule has 0 unspecified atom stereocenters. The zero-order chi connectivity index (χ0) is 18.4. The molecule has 1 amide bonds. The summed E-state index contributed by atoms with van der Waals surface area (Å²) in [6.45, 7) is 1.38.